The number of aryl methyl sites for hydroxylation is 1. The number of hydrogen-bond donors (Lipinski definition) is 0. The largest absolute Gasteiger partial charge is 0.345 e. The van der Waals surface area contributed by atoms with Crippen LogP contribution in [0.3, 0.4) is 0 Å². The second kappa shape index (κ2) is 12.9. The first-order valence-electron chi connectivity index (χ1n) is 13.8. The van der Waals surface area contributed by atoms with Gasteiger partial charge in [0.2, 0.25) is 5.91 Å². The lowest BCUT2D eigenvalue weighted by Crippen LogP contribution is -2.48. The zero-order chi connectivity index (χ0) is 27.1. The van der Waals surface area contributed by atoms with Crippen molar-refractivity contribution in [3.63, 3.8) is 0 Å². The van der Waals surface area contributed by atoms with Gasteiger partial charge in [0.05, 0.1) is 6.54 Å². The van der Waals surface area contributed by atoms with Crippen molar-refractivity contribution in [2.24, 2.45) is 5.92 Å². The first kappa shape index (κ1) is 27.6. The molecule has 1 aliphatic rings. The lowest BCUT2D eigenvalue weighted by molar-refractivity contribution is -0.135. The van der Waals surface area contributed by atoms with Crippen LogP contribution in [-0.4, -0.2) is 45.3 Å². The number of amides is 2. The van der Waals surface area contributed by atoms with Gasteiger partial charge in [-0.05, 0) is 67.6 Å². The molecule has 1 fully saturated rings. The first-order valence-corrected chi connectivity index (χ1v) is 13.8. The Bertz CT molecular complexity index is 1190. The summed E-state index contributed by atoms with van der Waals surface area (Å²) in [6.07, 6.45) is 7.41. The maximum Gasteiger partial charge on any atom is 0.254 e. The molecule has 38 heavy (non-hydrogen) atoms. The highest BCUT2D eigenvalue weighted by atomic mass is 19.1. The van der Waals surface area contributed by atoms with E-state index in [1.54, 1.807) is 17.0 Å². The van der Waals surface area contributed by atoms with E-state index < -0.39 is 0 Å². The van der Waals surface area contributed by atoms with E-state index in [1.165, 1.54) is 18.6 Å². The van der Waals surface area contributed by atoms with Gasteiger partial charge in [-0.2, -0.15) is 0 Å². The van der Waals surface area contributed by atoms with Crippen molar-refractivity contribution in [1.82, 2.24) is 14.4 Å². The Labute approximate surface area is 226 Å². The summed E-state index contributed by atoms with van der Waals surface area (Å²) in [5.41, 5.74) is 3.75. The van der Waals surface area contributed by atoms with Gasteiger partial charge in [0, 0.05) is 36.6 Å². The second-order valence-electron chi connectivity index (χ2n) is 11.0. The monoisotopic (exact) mass is 517 g/mol. The number of aromatic nitrogens is 1. The molecule has 0 N–H and O–H groups in total. The quantitative estimate of drug-likeness (QED) is 0.311. The summed E-state index contributed by atoms with van der Waals surface area (Å²) in [4.78, 5) is 31.1. The third-order valence-corrected chi connectivity index (χ3v) is 7.36. The van der Waals surface area contributed by atoms with Crippen LogP contribution < -0.4 is 0 Å². The number of hydrogen-bond acceptors (Lipinski definition) is 2. The van der Waals surface area contributed by atoms with Crippen molar-refractivity contribution in [3.8, 4) is 0 Å². The van der Waals surface area contributed by atoms with Crippen LogP contribution in [0.1, 0.15) is 73.1 Å². The van der Waals surface area contributed by atoms with E-state index in [4.69, 9.17) is 0 Å². The van der Waals surface area contributed by atoms with Crippen LogP contribution in [0.4, 0.5) is 4.39 Å². The predicted molar refractivity (Wildman–Crippen MR) is 149 cm³/mol. The van der Waals surface area contributed by atoms with Gasteiger partial charge in [-0.25, -0.2) is 4.39 Å². The standard InChI is InChI=1S/C32H40FN3O2/c1-24(2)20-35(32(38)27-15-11-25(3)12-16-27)23-31(37)36(29-8-5-4-6-9-29)22-30-10-7-19-34(30)21-26-13-17-28(33)18-14-26/h7,10-19,24,29H,4-6,8-9,20-23H2,1-3H3. The number of halogens is 1. The Balaban J connectivity index is 1.55. The van der Waals surface area contributed by atoms with Gasteiger partial charge in [-0.15, -0.1) is 0 Å². The molecular weight excluding hydrogens is 477 g/mol. The highest BCUT2D eigenvalue weighted by molar-refractivity contribution is 5.96. The summed E-state index contributed by atoms with van der Waals surface area (Å²) in [5, 5.41) is 0. The molecule has 0 radical (unpaired) electrons. The Morgan fingerprint density at radius 1 is 0.974 bits per heavy atom. The normalized spacial score (nSPS) is 14.0. The number of rotatable bonds is 10. The first-order chi connectivity index (χ1) is 18.3. The van der Waals surface area contributed by atoms with E-state index in [9.17, 15) is 14.0 Å². The van der Waals surface area contributed by atoms with Crippen molar-refractivity contribution in [1.29, 1.82) is 0 Å². The van der Waals surface area contributed by atoms with Gasteiger partial charge in [-0.3, -0.25) is 9.59 Å². The van der Waals surface area contributed by atoms with Crippen molar-refractivity contribution in [2.45, 2.75) is 72.0 Å². The molecule has 0 bridgehead atoms. The van der Waals surface area contributed by atoms with E-state index in [-0.39, 0.29) is 36.1 Å². The lowest BCUT2D eigenvalue weighted by atomic mass is 9.94. The lowest BCUT2D eigenvalue weighted by Gasteiger charge is -2.36. The highest BCUT2D eigenvalue weighted by Gasteiger charge is 2.29. The number of nitrogens with zero attached hydrogens (tertiary/aromatic N) is 3. The van der Waals surface area contributed by atoms with Crippen molar-refractivity contribution >= 4 is 11.8 Å². The molecule has 5 nitrogen and oxygen atoms in total. The smallest absolute Gasteiger partial charge is 0.254 e. The molecule has 0 saturated heterocycles. The average molecular weight is 518 g/mol. The highest BCUT2D eigenvalue weighted by Crippen LogP contribution is 2.25. The molecule has 0 spiro atoms. The molecule has 6 heteroatoms. The molecule has 2 amide bonds. The fraction of sp³-hybridized carbons (Fsp3) is 0.438. The Kier molecular flexibility index (Phi) is 9.38. The van der Waals surface area contributed by atoms with Crippen LogP contribution >= 0.6 is 0 Å². The molecule has 0 atom stereocenters. The summed E-state index contributed by atoms with van der Waals surface area (Å²) < 4.78 is 15.5. The molecular formula is C32H40FN3O2. The molecule has 2 aromatic carbocycles. The molecule has 0 aliphatic heterocycles. The molecule has 4 rings (SSSR count). The van der Waals surface area contributed by atoms with Crippen molar-refractivity contribution < 1.29 is 14.0 Å². The van der Waals surface area contributed by atoms with Gasteiger partial charge < -0.3 is 14.4 Å². The van der Waals surface area contributed by atoms with Crippen LogP contribution in [-0.2, 0) is 17.9 Å². The van der Waals surface area contributed by atoms with Gasteiger partial charge >= 0.3 is 0 Å². The zero-order valence-electron chi connectivity index (χ0n) is 22.9. The summed E-state index contributed by atoms with van der Waals surface area (Å²) in [7, 11) is 0. The summed E-state index contributed by atoms with van der Waals surface area (Å²) >= 11 is 0. The third-order valence-electron chi connectivity index (χ3n) is 7.36. The summed E-state index contributed by atoms with van der Waals surface area (Å²) in [6, 6.07) is 18.3. The van der Waals surface area contributed by atoms with Crippen LogP contribution in [0.25, 0.3) is 0 Å². The van der Waals surface area contributed by atoms with Crippen LogP contribution in [0.5, 0.6) is 0 Å². The van der Waals surface area contributed by atoms with E-state index in [0.717, 1.165) is 42.5 Å². The summed E-state index contributed by atoms with van der Waals surface area (Å²) in [6.45, 7) is 7.84. The Morgan fingerprint density at radius 2 is 1.66 bits per heavy atom. The fourth-order valence-electron chi connectivity index (χ4n) is 5.31. The van der Waals surface area contributed by atoms with Crippen molar-refractivity contribution in [2.75, 3.05) is 13.1 Å². The van der Waals surface area contributed by atoms with Gasteiger partial charge in [0.15, 0.2) is 0 Å². The van der Waals surface area contributed by atoms with Gasteiger partial charge in [0.1, 0.15) is 12.4 Å². The van der Waals surface area contributed by atoms with E-state index in [1.807, 2.05) is 48.4 Å². The Hall–Kier alpha value is -3.41. The topological polar surface area (TPSA) is 45.6 Å². The third kappa shape index (κ3) is 7.33. The van der Waals surface area contributed by atoms with E-state index >= 15 is 0 Å². The van der Waals surface area contributed by atoms with Crippen molar-refractivity contribution in [3.05, 3.63) is 95.1 Å². The molecule has 1 aliphatic carbocycles. The average Bonchev–Trinajstić information content (AvgIpc) is 3.35. The number of carbonyl (C=O) groups is 2. The molecule has 3 aromatic rings. The fourth-order valence-corrected chi connectivity index (χ4v) is 5.31. The zero-order valence-corrected chi connectivity index (χ0v) is 22.9. The van der Waals surface area contributed by atoms with Gasteiger partial charge in [-0.1, -0.05) is 62.9 Å². The van der Waals surface area contributed by atoms with E-state index in [2.05, 4.69) is 24.5 Å². The summed E-state index contributed by atoms with van der Waals surface area (Å²) in [5.74, 6) is -0.113. The van der Waals surface area contributed by atoms with Crippen LogP contribution in [0.2, 0.25) is 0 Å². The number of benzene rings is 2. The molecule has 1 heterocycles. The molecule has 202 valence electrons. The minimum Gasteiger partial charge on any atom is -0.345 e. The maximum absolute atomic E-state index is 13.9. The molecule has 1 aromatic heterocycles. The predicted octanol–water partition coefficient (Wildman–Crippen LogP) is 6.44. The SMILES string of the molecule is Cc1ccc(C(=O)N(CC(=O)N(Cc2cccn2Cc2ccc(F)cc2)C2CCCCC2)CC(C)C)cc1. The molecule has 1 saturated carbocycles. The minimum absolute atomic E-state index is 0.00690. The van der Waals surface area contributed by atoms with Crippen LogP contribution in [0.15, 0.2) is 66.9 Å². The maximum atomic E-state index is 13.9. The van der Waals surface area contributed by atoms with Gasteiger partial charge in [0.25, 0.3) is 5.91 Å². The molecule has 0 unspecified atom stereocenters. The Morgan fingerprint density at radius 3 is 2.32 bits per heavy atom. The number of carbonyl (C=O) groups excluding carboxylic acids is 2. The second-order valence-corrected chi connectivity index (χ2v) is 11.0. The minimum atomic E-state index is -0.248. The van der Waals surface area contributed by atoms with Crippen LogP contribution in [0, 0.1) is 18.7 Å². The van der Waals surface area contributed by atoms with E-state index in [0.29, 0.717) is 25.2 Å².